The lowest BCUT2D eigenvalue weighted by molar-refractivity contribution is 0.789. The molecule has 1 N–H and O–H groups in total. The highest BCUT2D eigenvalue weighted by atomic mass is 32.1. The van der Waals surface area contributed by atoms with Crippen molar-refractivity contribution in [1.29, 1.82) is 0 Å². The van der Waals surface area contributed by atoms with Gasteiger partial charge in [0.2, 0.25) is 0 Å². The van der Waals surface area contributed by atoms with E-state index >= 15 is 0 Å². The molecule has 0 fully saturated rings. The Morgan fingerprint density at radius 1 is 1.06 bits per heavy atom. The van der Waals surface area contributed by atoms with Crippen LogP contribution in [0, 0.1) is 6.92 Å². The number of hydrogen-bond donors (Lipinski definition) is 1. The first-order valence-corrected chi connectivity index (χ1v) is 6.61. The molecular weight excluding hydrogens is 230 g/mol. The van der Waals surface area contributed by atoms with E-state index in [2.05, 4.69) is 46.7 Å². The smallest absolute Gasteiger partial charge is 0.131 e. The SMILES string of the molecule is CNCc1nnc(CCc2ccc(C)cc2)s1. The number of nitrogens with one attached hydrogen (secondary N) is 1. The third kappa shape index (κ3) is 3.61. The summed E-state index contributed by atoms with van der Waals surface area (Å²) < 4.78 is 0. The van der Waals surface area contributed by atoms with Gasteiger partial charge in [-0.1, -0.05) is 29.8 Å². The molecule has 0 saturated heterocycles. The molecule has 4 heteroatoms. The fourth-order valence-electron chi connectivity index (χ4n) is 1.62. The monoisotopic (exact) mass is 247 g/mol. The van der Waals surface area contributed by atoms with Crippen LogP contribution in [0.5, 0.6) is 0 Å². The van der Waals surface area contributed by atoms with Gasteiger partial charge in [0.25, 0.3) is 0 Å². The van der Waals surface area contributed by atoms with Gasteiger partial charge in [0.1, 0.15) is 10.0 Å². The average molecular weight is 247 g/mol. The molecule has 0 saturated carbocycles. The number of aryl methyl sites for hydroxylation is 3. The second-order valence-electron chi connectivity index (χ2n) is 4.11. The normalized spacial score (nSPS) is 10.7. The minimum Gasteiger partial charge on any atom is -0.313 e. The highest BCUT2D eigenvalue weighted by molar-refractivity contribution is 7.11. The van der Waals surface area contributed by atoms with Crippen LogP contribution >= 0.6 is 11.3 Å². The molecule has 90 valence electrons. The molecular formula is C13H17N3S. The molecule has 0 aliphatic rings. The van der Waals surface area contributed by atoms with Crippen LogP contribution in [-0.2, 0) is 19.4 Å². The summed E-state index contributed by atoms with van der Waals surface area (Å²) in [4.78, 5) is 0. The van der Waals surface area contributed by atoms with Crippen LogP contribution in [0.1, 0.15) is 21.1 Å². The highest BCUT2D eigenvalue weighted by Gasteiger charge is 2.03. The van der Waals surface area contributed by atoms with E-state index in [1.165, 1.54) is 11.1 Å². The van der Waals surface area contributed by atoms with Crippen LogP contribution in [0.25, 0.3) is 0 Å². The lowest BCUT2D eigenvalue weighted by Crippen LogP contribution is -2.04. The summed E-state index contributed by atoms with van der Waals surface area (Å²) in [5, 5.41) is 13.6. The first kappa shape index (κ1) is 12.2. The van der Waals surface area contributed by atoms with E-state index in [-0.39, 0.29) is 0 Å². The molecule has 0 aliphatic carbocycles. The largest absolute Gasteiger partial charge is 0.313 e. The van der Waals surface area contributed by atoms with Gasteiger partial charge in [0, 0.05) is 13.0 Å². The van der Waals surface area contributed by atoms with Crippen LogP contribution < -0.4 is 5.32 Å². The van der Waals surface area contributed by atoms with E-state index in [9.17, 15) is 0 Å². The van der Waals surface area contributed by atoms with Gasteiger partial charge in [-0.2, -0.15) is 0 Å². The van der Waals surface area contributed by atoms with Crippen LogP contribution in [0.4, 0.5) is 0 Å². The lowest BCUT2D eigenvalue weighted by Gasteiger charge is -1.99. The summed E-state index contributed by atoms with van der Waals surface area (Å²) in [5.41, 5.74) is 2.67. The highest BCUT2D eigenvalue weighted by Crippen LogP contribution is 2.13. The Hall–Kier alpha value is -1.26. The Labute approximate surface area is 106 Å². The predicted octanol–water partition coefficient (Wildman–Crippen LogP) is 2.35. The Morgan fingerprint density at radius 2 is 1.76 bits per heavy atom. The van der Waals surface area contributed by atoms with Gasteiger partial charge in [-0.15, -0.1) is 21.5 Å². The van der Waals surface area contributed by atoms with Gasteiger partial charge in [-0.3, -0.25) is 0 Å². The van der Waals surface area contributed by atoms with Crippen molar-refractivity contribution < 1.29 is 0 Å². The molecule has 0 radical (unpaired) electrons. The zero-order valence-corrected chi connectivity index (χ0v) is 11.0. The molecule has 17 heavy (non-hydrogen) atoms. The molecule has 3 nitrogen and oxygen atoms in total. The third-order valence-electron chi connectivity index (χ3n) is 2.58. The molecule has 0 amide bonds. The number of hydrogen-bond acceptors (Lipinski definition) is 4. The van der Waals surface area contributed by atoms with Crippen molar-refractivity contribution in [2.24, 2.45) is 0 Å². The predicted molar refractivity (Wildman–Crippen MR) is 71.3 cm³/mol. The van der Waals surface area contributed by atoms with Gasteiger partial charge in [0.15, 0.2) is 0 Å². The van der Waals surface area contributed by atoms with E-state index in [4.69, 9.17) is 0 Å². The first-order valence-electron chi connectivity index (χ1n) is 5.79. The fourth-order valence-corrected chi connectivity index (χ4v) is 2.47. The minimum absolute atomic E-state index is 0.808. The number of nitrogens with zero attached hydrogens (tertiary/aromatic N) is 2. The number of benzene rings is 1. The second-order valence-corrected chi connectivity index (χ2v) is 5.25. The maximum atomic E-state index is 4.20. The maximum Gasteiger partial charge on any atom is 0.131 e. The van der Waals surface area contributed by atoms with Gasteiger partial charge < -0.3 is 5.32 Å². The van der Waals surface area contributed by atoms with Crippen molar-refractivity contribution in [3.8, 4) is 0 Å². The Balaban J connectivity index is 1.90. The maximum absolute atomic E-state index is 4.20. The summed E-state index contributed by atoms with van der Waals surface area (Å²) in [6.45, 7) is 2.92. The molecule has 1 heterocycles. The summed E-state index contributed by atoms with van der Waals surface area (Å²) in [7, 11) is 1.92. The van der Waals surface area contributed by atoms with E-state index < -0.39 is 0 Å². The Bertz CT molecular complexity index is 462. The molecule has 0 unspecified atom stereocenters. The minimum atomic E-state index is 0.808. The van der Waals surface area contributed by atoms with Crippen molar-refractivity contribution >= 4 is 11.3 Å². The van der Waals surface area contributed by atoms with Crippen molar-refractivity contribution in [1.82, 2.24) is 15.5 Å². The topological polar surface area (TPSA) is 37.8 Å². The standard InChI is InChI=1S/C13H17N3S/c1-10-3-5-11(6-4-10)7-8-12-15-16-13(17-12)9-14-2/h3-6,14H,7-9H2,1-2H3. The average Bonchev–Trinajstić information content (AvgIpc) is 2.77. The molecule has 0 aliphatic heterocycles. The first-order chi connectivity index (χ1) is 8.28. The van der Waals surface area contributed by atoms with Gasteiger partial charge in [0.05, 0.1) is 0 Å². The summed E-state index contributed by atoms with van der Waals surface area (Å²) in [6, 6.07) is 8.68. The van der Waals surface area contributed by atoms with Gasteiger partial charge >= 0.3 is 0 Å². The summed E-state index contributed by atoms with van der Waals surface area (Å²) >= 11 is 1.70. The van der Waals surface area contributed by atoms with E-state index in [0.717, 1.165) is 29.4 Å². The van der Waals surface area contributed by atoms with Crippen molar-refractivity contribution in [3.05, 3.63) is 45.4 Å². The molecule has 1 aromatic carbocycles. The van der Waals surface area contributed by atoms with E-state index in [0.29, 0.717) is 0 Å². The third-order valence-corrected chi connectivity index (χ3v) is 3.57. The molecule has 1 aromatic heterocycles. The molecule has 0 spiro atoms. The van der Waals surface area contributed by atoms with Gasteiger partial charge in [-0.25, -0.2) is 0 Å². The van der Waals surface area contributed by atoms with E-state index in [1.807, 2.05) is 7.05 Å². The second kappa shape index (κ2) is 5.89. The summed E-state index contributed by atoms with van der Waals surface area (Å²) in [5.74, 6) is 0. The van der Waals surface area contributed by atoms with E-state index in [1.54, 1.807) is 11.3 Å². The molecule has 0 bridgehead atoms. The lowest BCUT2D eigenvalue weighted by atomic mass is 10.1. The van der Waals surface area contributed by atoms with Crippen molar-refractivity contribution in [2.75, 3.05) is 7.05 Å². The molecule has 2 rings (SSSR count). The van der Waals surface area contributed by atoms with Crippen LogP contribution in [0.2, 0.25) is 0 Å². The molecule has 2 aromatic rings. The Kier molecular flexibility index (Phi) is 4.23. The number of rotatable bonds is 5. The Morgan fingerprint density at radius 3 is 2.47 bits per heavy atom. The number of aromatic nitrogens is 2. The summed E-state index contributed by atoms with van der Waals surface area (Å²) in [6.07, 6.45) is 2.01. The van der Waals surface area contributed by atoms with Gasteiger partial charge in [-0.05, 0) is 26.0 Å². The fraction of sp³-hybridized carbons (Fsp3) is 0.385. The zero-order valence-electron chi connectivity index (χ0n) is 10.2. The van der Waals surface area contributed by atoms with Crippen molar-refractivity contribution in [3.63, 3.8) is 0 Å². The zero-order chi connectivity index (χ0) is 12.1. The van der Waals surface area contributed by atoms with Crippen LogP contribution in [-0.4, -0.2) is 17.2 Å². The van der Waals surface area contributed by atoms with Crippen LogP contribution in [0.3, 0.4) is 0 Å². The van der Waals surface area contributed by atoms with Crippen molar-refractivity contribution in [2.45, 2.75) is 26.3 Å². The quantitative estimate of drug-likeness (QED) is 0.881. The van der Waals surface area contributed by atoms with Crippen LogP contribution in [0.15, 0.2) is 24.3 Å². The molecule has 0 atom stereocenters.